The van der Waals surface area contributed by atoms with Crippen molar-refractivity contribution in [3.63, 3.8) is 0 Å². The van der Waals surface area contributed by atoms with Crippen molar-refractivity contribution in [2.75, 3.05) is 0 Å². The Balaban J connectivity index is 2.92. The Morgan fingerprint density at radius 3 is 2.69 bits per heavy atom. The summed E-state index contributed by atoms with van der Waals surface area (Å²) < 4.78 is 26.0. The molecule has 1 nitrogen and oxygen atoms in total. The highest BCUT2D eigenvalue weighted by molar-refractivity contribution is 5.84. The van der Waals surface area contributed by atoms with Crippen LogP contribution in [0.5, 0.6) is 0 Å². The topological polar surface area (TPSA) is 15.8 Å². The Morgan fingerprint density at radius 1 is 1.31 bits per heavy atom. The van der Waals surface area contributed by atoms with E-state index in [4.69, 9.17) is 0 Å². The van der Waals surface area contributed by atoms with Crippen molar-refractivity contribution in [2.45, 2.75) is 6.92 Å². The molecule has 0 amide bonds. The van der Waals surface area contributed by atoms with E-state index in [-0.39, 0.29) is 0 Å². The van der Waals surface area contributed by atoms with Crippen molar-refractivity contribution >= 4 is 10.9 Å². The fourth-order valence-corrected chi connectivity index (χ4v) is 1.44. The molecule has 1 heterocycles. The molecular formula is C10H8F2N. The van der Waals surface area contributed by atoms with Gasteiger partial charge in [-0.1, -0.05) is 0 Å². The van der Waals surface area contributed by atoms with Gasteiger partial charge in [0.05, 0.1) is 0 Å². The highest BCUT2D eigenvalue weighted by atomic mass is 19.2. The van der Waals surface area contributed by atoms with Crippen LogP contribution in [0.1, 0.15) is 11.3 Å². The highest BCUT2D eigenvalue weighted by Gasteiger charge is 2.10. The third kappa shape index (κ3) is 1.11. The van der Waals surface area contributed by atoms with Crippen molar-refractivity contribution in [1.29, 1.82) is 0 Å². The maximum atomic E-state index is 13.1. The number of fused-ring (bicyclic) bond motifs is 1. The molecule has 0 aliphatic rings. The summed E-state index contributed by atoms with van der Waals surface area (Å²) >= 11 is 0. The van der Waals surface area contributed by atoms with Crippen LogP contribution in [0, 0.1) is 25.5 Å². The predicted molar refractivity (Wildman–Crippen MR) is 47.4 cm³/mol. The number of hydrogen-bond acceptors (Lipinski definition) is 0. The normalized spacial score (nSPS) is 11.1. The second-order valence-electron chi connectivity index (χ2n) is 3.05. The minimum absolute atomic E-state index is 0.321. The summed E-state index contributed by atoms with van der Waals surface area (Å²) in [7, 11) is 0. The molecule has 0 saturated carbocycles. The molecule has 1 aromatic carbocycles. The molecule has 0 aliphatic carbocycles. The second-order valence-corrected chi connectivity index (χ2v) is 3.05. The van der Waals surface area contributed by atoms with Crippen LogP contribution in [0.2, 0.25) is 0 Å². The zero-order valence-electron chi connectivity index (χ0n) is 7.12. The maximum absolute atomic E-state index is 13.1. The van der Waals surface area contributed by atoms with Crippen molar-refractivity contribution in [1.82, 2.24) is 4.98 Å². The van der Waals surface area contributed by atoms with Crippen molar-refractivity contribution in [3.8, 4) is 0 Å². The lowest BCUT2D eigenvalue weighted by Gasteiger charge is -1.99. The van der Waals surface area contributed by atoms with Gasteiger partial charge in [-0.15, -0.1) is 0 Å². The summed E-state index contributed by atoms with van der Waals surface area (Å²) in [4.78, 5) is 2.85. The monoisotopic (exact) mass is 180 g/mol. The molecular weight excluding hydrogens is 172 g/mol. The van der Waals surface area contributed by atoms with Gasteiger partial charge in [0.1, 0.15) is 0 Å². The lowest BCUT2D eigenvalue weighted by molar-refractivity contribution is 0.505. The van der Waals surface area contributed by atoms with E-state index >= 15 is 0 Å². The summed E-state index contributed by atoms with van der Waals surface area (Å²) in [5.74, 6) is -1.61. The number of benzene rings is 1. The number of hydrogen-bond donors (Lipinski definition) is 1. The molecule has 67 valence electrons. The van der Waals surface area contributed by atoms with E-state index in [2.05, 4.69) is 11.9 Å². The molecule has 2 aromatic rings. The maximum Gasteiger partial charge on any atom is 0.162 e. The van der Waals surface area contributed by atoms with Gasteiger partial charge in [-0.2, -0.15) is 0 Å². The number of nitrogens with one attached hydrogen (secondary N) is 1. The van der Waals surface area contributed by atoms with Crippen LogP contribution in [-0.4, -0.2) is 4.98 Å². The Kier molecular flexibility index (Phi) is 1.62. The molecule has 0 spiro atoms. The smallest absolute Gasteiger partial charge is 0.162 e. The minimum Gasteiger partial charge on any atom is -0.358 e. The number of aromatic amines is 1. The van der Waals surface area contributed by atoms with Crippen LogP contribution in [0.4, 0.5) is 8.78 Å². The van der Waals surface area contributed by atoms with E-state index in [1.165, 1.54) is 0 Å². The average Bonchev–Trinajstić information content (AvgIpc) is 2.42. The van der Waals surface area contributed by atoms with Crippen LogP contribution >= 0.6 is 0 Å². The molecule has 0 atom stereocenters. The van der Waals surface area contributed by atoms with Crippen LogP contribution in [0.15, 0.2) is 12.1 Å². The molecule has 1 aromatic heterocycles. The first-order chi connectivity index (χ1) is 6.09. The SMILES string of the molecule is [CH2]c1cc2c(C)c(F)c(F)cc2[nH]1. The molecule has 13 heavy (non-hydrogen) atoms. The first-order valence-electron chi connectivity index (χ1n) is 3.89. The quantitative estimate of drug-likeness (QED) is 0.641. The van der Waals surface area contributed by atoms with Crippen LogP contribution in [-0.2, 0) is 0 Å². The first kappa shape index (κ1) is 8.23. The molecule has 0 fully saturated rings. The molecule has 0 saturated heterocycles. The summed E-state index contributed by atoms with van der Waals surface area (Å²) in [6.07, 6.45) is 0. The van der Waals surface area contributed by atoms with Crippen LogP contribution in [0.3, 0.4) is 0 Å². The lowest BCUT2D eigenvalue weighted by Crippen LogP contribution is -1.88. The average molecular weight is 180 g/mol. The summed E-state index contributed by atoms with van der Waals surface area (Å²) in [5.41, 5.74) is 1.56. The van der Waals surface area contributed by atoms with Crippen LogP contribution < -0.4 is 0 Å². The molecule has 2 rings (SSSR count). The van der Waals surface area contributed by atoms with E-state index < -0.39 is 11.6 Å². The fourth-order valence-electron chi connectivity index (χ4n) is 1.44. The number of aryl methyl sites for hydroxylation is 1. The number of halogens is 2. The highest BCUT2D eigenvalue weighted by Crippen LogP contribution is 2.23. The molecule has 0 bridgehead atoms. The van der Waals surface area contributed by atoms with Crippen LogP contribution in [0.25, 0.3) is 10.9 Å². The standard InChI is InChI=1S/C10H8F2N/c1-5-3-7-6(2)10(12)8(11)4-9(7)13-5/h3-4,13H,1H2,2H3. The van der Waals surface area contributed by atoms with Gasteiger partial charge in [-0.3, -0.25) is 0 Å². The Morgan fingerprint density at radius 2 is 2.00 bits per heavy atom. The van der Waals surface area contributed by atoms with Gasteiger partial charge in [-0.25, -0.2) is 8.78 Å². The fraction of sp³-hybridized carbons (Fsp3) is 0.100. The number of H-pyrrole nitrogens is 1. The van der Waals surface area contributed by atoms with Crippen molar-refractivity contribution in [3.05, 3.63) is 41.9 Å². The Labute approximate surface area is 74.4 Å². The lowest BCUT2D eigenvalue weighted by atomic mass is 10.1. The summed E-state index contributed by atoms with van der Waals surface area (Å²) in [6, 6.07) is 2.85. The molecule has 3 heteroatoms. The predicted octanol–water partition coefficient (Wildman–Crippen LogP) is 2.94. The van der Waals surface area contributed by atoms with Gasteiger partial charge in [0, 0.05) is 22.7 Å². The molecule has 0 unspecified atom stereocenters. The van der Waals surface area contributed by atoms with E-state index in [9.17, 15) is 8.78 Å². The largest absolute Gasteiger partial charge is 0.358 e. The molecule has 1 N–H and O–H groups in total. The minimum atomic E-state index is -0.827. The van der Waals surface area contributed by atoms with E-state index in [1.54, 1.807) is 13.0 Å². The van der Waals surface area contributed by atoms with Gasteiger partial charge < -0.3 is 4.98 Å². The molecule has 0 aliphatic heterocycles. The third-order valence-corrected chi connectivity index (χ3v) is 2.12. The van der Waals surface area contributed by atoms with Crippen molar-refractivity contribution < 1.29 is 8.78 Å². The van der Waals surface area contributed by atoms with Gasteiger partial charge in [0.25, 0.3) is 0 Å². The van der Waals surface area contributed by atoms with E-state index in [0.29, 0.717) is 22.2 Å². The summed E-state index contributed by atoms with van der Waals surface area (Å²) in [6.45, 7) is 5.21. The second kappa shape index (κ2) is 2.55. The molecule has 1 radical (unpaired) electrons. The third-order valence-electron chi connectivity index (χ3n) is 2.12. The summed E-state index contributed by atoms with van der Waals surface area (Å²) in [5, 5.41) is 0.684. The van der Waals surface area contributed by atoms with Gasteiger partial charge >= 0.3 is 0 Å². The van der Waals surface area contributed by atoms with Gasteiger partial charge in [0.15, 0.2) is 11.6 Å². The number of rotatable bonds is 0. The Hall–Kier alpha value is -1.38. The van der Waals surface area contributed by atoms with Gasteiger partial charge in [-0.05, 0) is 25.5 Å². The van der Waals surface area contributed by atoms with E-state index in [1.807, 2.05) is 0 Å². The van der Waals surface area contributed by atoms with E-state index in [0.717, 1.165) is 6.07 Å². The Bertz CT molecular complexity index is 471. The number of aromatic nitrogens is 1. The van der Waals surface area contributed by atoms with Gasteiger partial charge in [0.2, 0.25) is 0 Å². The zero-order valence-corrected chi connectivity index (χ0v) is 7.12. The van der Waals surface area contributed by atoms with Crippen molar-refractivity contribution in [2.24, 2.45) is 0 Å². The first-order valence-corrected chi connectivity index (χ1v) is 3.89. The zero-order chi connectivity index (χ0) is 9.59.